The lowest BCUT2D eigenvalue weighted by atomic mass is 10.1. The molecule has 1 aliphatic rings. The van der Waals surface area contributed by atoms with Crippen molar-refractivity contribution in [3.8, 4) is 5.75 Å². The molecule has 0 saturated carbocycles. The molecule has 1 aromatic heterocycles. The van der Waals surface area contributed by atoms with Gasteiger partial charge in [0.15, 0.2) is 6.61 Å². The van der Waals surface area contributed by atoms with Crippen molar-refractivity contribution in [2.75, 3.05) is 19.7 Å². The normalized spacial score (nSPS) is 16.2. The molecule has 1 fully saturated rings. The van der Waals surface area contributed by atoms with Crippen LogP contribution in [0.4, 0.5) is 0 Å². The molecule has 4 rings (SSSR count). The maximum Gasteiger partial charge on any atom is 0.336 e. The zero-order valence-electron chi connectivity index (χ0n) is 17.5. The Bertz CT molecular complexity index is 1140. The van der Waals surface area contributed by atoms with Gasteiger partial charge in [0.2, 0.25) is 0 Å². The second-order valence-electron chi connectivity index (χ2n) is 7.82. The van der Waals surface area contributed by atoms with Gasteiger partial charge in [-0.1, -0.05) is 30.3 Å². The van der Waals surface area contributed by atoms with Crippen molar-refractivity contribution in [3.05, 3.63) is 76.1 Å². The molecule has 1 aliphatic heterocycles. The van der Waals surface area contributed by atoms with E-state index in [2.05, 4.69) is 34.8 Å². The highest BCUT2D eigenvalue weighted by atomic mass is 16.5. The lowest BCUT2D eigenvalue weighted by Gasteiger charge is -2.24. The Labute approximate surface area is 180 Å². The van der Waals surface area contributed by atoms with Crippen LogP contribution in [0.2, 0.25) is 0 Å². The summed E-state index contributed by atoms with van der Waals surface area (Å²) in [4.78, 5) is 25.2. The highest BCUT2D eigenvalue weighted by molar-refractivity contribution is 5.87. The van der Waals surface area contributed by atoms with Crippen LogP contribution >= 0.6 is 0 Å². The maximum atomic E-state index is 12.1. The van der Waals surface area contributed by atoms with Crippen molar-refractivity contribution in [3.63, 3.8) is 0 Å². The molecule has 3 aromatic rings. The van der Waals surface area contributed by atoms with Crippen molar-refractivity contribution in [2.24, 2.45) is 5.10 Å². The summed E-state index contributed by atoms with van der Waals surface area (Å²) < 4.78 is 10.7. The molecule has 1 amide bonds. The average molecular weight is 420 g/mol. The van der Waals surface area contributed by atoms with E-state index in [9.17, 15) is 9.59 Å². The summed E-state index contributed by atoms with van der Waals surface area (Å²) in [6, 6.07) is 17.1. The number of ether oxygens (including phenoxy) is 1. The molecule has 1 saturated heterocycles. The number of fused-ring (bicyclic) bond motifs is 1. The number of piperidine rings is 1. The van der Waals surface area contributed by atoms with E-state index in [-0.39, 0.29) is 12.5 Å². The van der Waals surface area contributed by atoms with Crippen LogP contribution in [0.5, 0.6) is 5.75 Å². The van der Waals surface area contributed by atoms with Crippen LogP contribution in [0.25, 0.3) is 11.0 Å². The number of carbonyl (C=O) groups excluding carboxylic acids is 1. The van der Waals surface area contributed by atoms with Crippen LogP contribution in [0.15, 0.2) is 68.9 Å². The minimum Gasteiger partial charge on any atom is -0.484 e. The highest BCUT2D eigenvalue weighted by Gasteiger charge is 2.18. The number of carbonyl (C=O) groups is 1. The van der Waals surface area contributed by atoms with E-state index in [1.54, 1.807) is 12.1 Å². The van der Waals surface area contributed by atoms with Gasteiger partial charge in [-0.3, -0.25) is 4.79 Å². The Morgan fingerprint density at radius 2 is 1.90 bits per heavy atom. The fourth-order valence-corrected chi connectivity index (χ4v) is 3.78. The summed E-state index contributed by atoms with van der Waals surface area (Å²) >= 11 is 0. The minimum atomic E-state index is -0.410. The van der Waals surface area contributed by atoms with Crippen molar-refractivity contribution >= 4 is 22.6 Å². The quantitative estimate of drug-likeness (QED) is 0.471. The number of amides is 1. The molecule has 0 radical (unpaired) electrons. The van der Waals surface area contributed by atoms with Gasteiger partial charge in [0, 0.05) is 41.6 Å². The van der Waals surface area contributed by atoms with Gasteiger partial charge in [-0.25, -0.2) is 10.2 Å². The Kier molecular flexibility index (Phi) is 6.43. The Morgan fingerprint density at radius 1 is 1.13 bits per heavy atom. The van der Waals surface area contributed by atoms with Crippen molar-refractivity contribution < 1.29 is 18.8 Å². The first-order valence-corrected chi connectivity index (χ1v) is 10.5. The standard InChI is InChI=1S/C24H25N3O4/c1-17-13-24(29)31-22-14-20(7-8-21(17)22)30-16-23(28)26-25-19-9-11-27(12-10-19)15-18-5-3-2-4-6-18/h2-8,13-14H,9-12,15-16H2,1H3,(H,26,28)/p+1. The van der Waals surface area contributed by atoms with E-state index in [0.29, 0.717) is 11.3 Å². The average Bonchev–Trinajstić information content (AvgIpc) is 2.77. The molecular weight excluding hydrogens is 394 g/mol. The number of hydrogen-bond donors (Lipinski definition) is 2. The molecule has 160 valence electrons. The van der Waals surface area contributed by atoms with Crippen LogP contribution in [0.1, 0.15) is 24.0 Å². The minimum absolute atomic E-state index is 0.163. The van der Waals surface area contributed by atoms with Crippen LogP contribution in [-0.4, -0.2) is 31.3 Å². The first-order chi connectivity index (χ1) is 15.1. The number of benzene rings is 2. The Morgan fingerprint density at radius 3 is 2.68 bits per heavy atom. The molecule has 31 heavy (non-hydrogen) atoms. The SMILES string of the molecule is Cc1cc(=O)oc2cc(OCC(=O)NN=C3CC[NH+](Cc4ccccc4)CC3)ccc12. The second kappa shape index (κ2) is 9.57. The summed E-state index contributed by atoms with van der Waals surface area (Å²) in [7, 11) is 0. The summed E-state index contributed by atoms with van der Waals surface area (Å²) in [5, 5.41) is 5.11. The van der Waals surface area contributed by atoms with Gasteiger partial charge in [-0.15, -0.1) is 0 Å². The first-order valence-electron chi connectivity index (χ1n) is 10.5. The molecule has 7 heteroatoms. The van der Waals surface area contributed by atoms with Crippen molar-refractivity contribution in [1.29, 1.82) is 0 Å². The molecule has 0 spiro atoms. The number of rotatable bonds is 6. The van der Waals surface area contributed by atoms with Gasteiger partial charge in [-0.05, 0) is 24.6 Å². The number of likely N-dealkylation sites (tertiary alicyclic amines) is 1. The number of quaternary nitrogens is 1. The molecule has 2 N–H and O–H groups in total. The lowest BCUT2D eigenvalue weighted by Crippen LogP contribution is -3.11. The van der Waals surface area contributed by atoms with Gasteiger partial charge >= 0.3 is 5.63 Å². The largest absolute Gasteiger partial charge is 0.484 e. The van der Waals surface area contributed by atoms with E-state index in [0.717, 1.165) is 49.1 Å². The van der Waals surface area contributed by atoms with E-state index in [4.69, 9.17) is 9.15 Å². The third kappa shape index (κ3) is 5.58. The number of nitrogens with one attached hydrogen (secondary N) is 2. The van der Waals surface area contributed by atoms with Gasteiger partial charge in [0.25, 0.3) is 5.91 Å². The number of aryl methyl sites for hydroxylation is 1. The molecular formula is C24H26N3O4+. The van der Waals surface area contributed by atoms with Gasteiger partial charge < -0.3 is 14.1 Å². The molecule has 0 bridgehead atoms. The summed E-state index contributed by atoms with van der Waals surface area (Å²) in [6.45, 7) is 4.70. The molecule has 0 aliphatic carbocycles. The Balaban J connectivity index is 1.24. The number of nitrogens with zero attached hydrogens (tertiary/aromatic N) is 1. The summed E-state index contributed by atoms with van der Waals surface area (Å²) in [6.07, 6.45) is 1.73. The highest BCUT2D eigenvalue weighted by Crippen LogP contribution is 2.22. The van der Waals surface area contributed by atoms with Crippen LogP contribution < -0.4 is 20.7 Å². The summed E-state index contributed by atoms with van der Waals surface area (Å²) in [5.74, 6) is 0.138. The molecule has 0 atom stereocenters. The smallest absolute Gasteiger partial charge is 0.336 e. The van der Waals surface area contributed by atoms with Crippen LogP contribution in [-0.2, 0) is 11.3 Å². The monoisotopic (exact) mass is 420 g/mol. The zero-order valence-corrected chi connectivity index (χ0v) is 17.5. The van der Waals surface area contributed by atoms with E-state index in [1.807, 2.05) is 19.1 Å². The van der Waals surface area contributed by atoms with Crippen molar-refractivity contribution in [1.82, 2.24) is 5.43 Å². The second-order valence-corrected chi connectivity index (χ2v) is 7.82. The third-order valence-electron chi connectivity index (χ3n) is 5.46. The fraction of sp³-hybridized carbons (Fsp3) is 0.292. The summed E-state index contributed by atoms with van der Waals surface area (Å²) in [5.41, 5.74) is 5.79. The van der Waals surface area contributed by atoms with Gasteiger partial charge in [-0.2, -0.15) is 5.10 Å². The van der Waals surface area contributed by atoms with Crippen LogP contribution in [0, 0.1) is 6.92 Å². The predicted molar refractivity (Wildman–Crippen MR) is 118 cm³/mol. The lowest BCUT2D eigenvalue weighted by molar-refractivity contribution is -0.914. The number of hydrogen-bond acceptors (Lipinski definition) is 5. The first kappa shape index (κ1) is 20.8. The maximum absolute atomic E-state index is 12.1. The van der Waals surface area contributed by atoms with E-state index < -0.39 is 5.63 Å². The molecule has 2 aromatic carbocycles. The van der Waals surface area contributed by atoms with Gasteiger partial charge in [0.1, 0.15) is 17.9 Å². The predicted octanol–water partition coefficient (Wildman–Crippen LogP) is 1.83. The Hall–Kier alpha value is -3.45. The molecule has 0 unspecified atom stereocenters. The zero-order chi connectivity index (χ0) is 21.6. The van der Waals surface area contributed by atoms with E-state index in [1.165, 1.54) is 16.5 Å². The third-order valence-corrected chi connectivity index (χ3v) is 5.46. The van der Waals surface area contributed by atoms with Gasteiger partial charge in [0.05, 0.1) is 13.1 Å². The van der Waals surface area contributed by atoms with Crippen molar-refractivity contribution in [2.45, 2.75) is 26.3 Å². The van der Waals surface area contributed by atoms with E-state index >= 15 is 0 Å². The number of hydrazone groups is 1. The molecule has 7 nitrogen and oxygen atoms in total. The fourth-order valence-electron chi connectivity index (χ4n) is 3.78. The molecule has 2 heterocycles. The topological polar surface area (TPSA) is 85.3 Å². The van der Waals surface area contributed by atoms with Crippen LogP contribution in [0.3, 0.4) is 0 Å².